The number of ether oxygens (including phenoxy) is 12. The van der Waals surface area contributed by atoms with Crippen LogP contribution in [0, 0.1) is 0 Å². The smallest absolute Gasteiger partial charge is 0.329 e. The molecule has 0 N–H and O–H groups in total. The van der Waals surface area contributed by atoms with E-state index in [1.165, 1.54) is 48.0 Å². The molecule has 0 aliphatic carbocycles. The predicted octanol–water partition coefficient (Wildman–Crippen LogP) is 22.7. The van der Waals surface area contributed by atoms with Gasteiger partial charge in [-0.2, -0.15) is 0 Å². The quantitative estimate of drug-likeness (QED) is 0.0325. The van der Waals surface area contributed by atoms with Crippen LogP contribution < -0.4 is 0 Å². The van der Waals surface area contributed by atoms with Gasteiger partial charge in [-0.25, -0.2) is 19.2 Å². The third kappa shape index (κ3) is 31.8. The average molecular weight is 2150 g/mol. The molecule has 144 heavy (non-hydrogen) atoms. The van der Waals surface area contributed by atoms with Crippen LogP contribution in [-0.2, 0) is 114 Å². The predicted molar refractivity (Wildman–Crippen MR) is 547 cm³/mol. The van der Waals surface area contributed by atoms with Gasteiger partial charge in [-0.15, -0.1) is 0 Å². The maximum Gasteiger partial charge on any atom is 0.329 e. The molecular weight excluding hydrogens is 2020 g/mol. The van der Waals surface area contributed by atoms with Crippen molar-refractivity contribution in [3.63, 3.8) is 0 Å². The largest absolute Gasteiger partial charge is 0.469 e. The Morgan fingerprint density at radius 3 is 0.569 bits per heavy atom. The Hall–Kier alpha value is -10.4. The maximum atomic E-state index is 13.9. The number of rotatable bonds is 28. The van der Waals surface area contributed by atoms with Gasteiger partial charge in [-0.1, -0.05) is 218 Å². The first-order valence-electron chi connectivity index (χ1n) is 46.9. The van der Waals surface area contributed by atoms with Crippen molar-refractivity contribution in [3.8, 4) is 0 Å². The minimum atomic E-state index is -1.17. The summed E-state index contributed by atoms with van der Waals surface area (Å²) in [5.41, 5.74) is 2.55. The Balaban J connectivity index is 0.000000214. The van der Waals surface area contributed by atoms with Gasteiger partial charge in [-0.3, -0.25) is 38.4 Å². The van der Waals surface area contributed by atoms with E-state index in [0.29, 0.717) is 84.7 Å². The molecule has 4 fully saturated rings. The number of carbonyl (C=O) groups is 12. The van der Waals surface area contributed by atoms with Crippen molar-refractivity contribution in [2.75, 3.05) is 28.4 Å². The van der Waals surface area contributed by atoms with E-state index in [1.807, 2.05) is 24.3 Å². The summed E-state index contributed by atoms with van der Waals surface area (Å²) in [6.07, 6.45) is -7.69. The summed E-state index contributed by atoms with van der Waals surface area (Å²) in [5, 5.41) is 4.03. The van der Waals surface area contributed by atoms with Crippen LogP contribution in [-0.4, -0.2) is 190 Å². The van der Waals surface area contributed by atoms with Crippen LogP contribution >= 0.6 is 92.8 Å². The molecule has 0 aromatic heterocycles. The Morgan fingerprint density at radius 2 is 0.431 bits per heavy atom. The van der Waals surface area contributed by atoms with E-state index in [9.17, 15) is 57.5 Å². The van der Waals surface area contributed by atoms with Gasteiger partial charge in [0.15, 0.2) is 0 Å². The fourth-order valence-electron chi connectivity index (χ4n) is 17.1. The fourth-order valence-corrected chi connectivity index (χ4v) is 18.4. The van der Waals surface area contributed by atoms with Crippen molar-refractivity contribution in [1.29, 1.82) is 0 Å². The number of hydrogen-bond acceptors (Lipinski definition) is 24. The summed E-state index contributed by atoms with van der Waals surface area (Å²) in [6.45, 7) is 28.4. The van der Waals surface area contributed by atoms with Crippen molar-refractivity contribution in [3.05, 3.63) is 279 Å². The molecule has 12 rings (SSSR count). The zero-order valence-corrected chi connectivity index (χ0v) is 90.0. The van der Waals surface area contributed by atoms with E-state index in [2.05, 4.69) is 0 Å². The van der Waals surface area contributed by atoms with Gasteiger partial charge in [0.1, 0.15) is 95.4 Å². The highest BCUT2D eigenvalue weighted by atomic mass is 35.5. The first-order valence-corrected chi connectivity index (χ1v) is 49.9. The van der Waals surface area contributed by atoms with Crippen molar-refractivity contribution < 1.29 is 114 Å². The first kappa shape index (κ1) is 117. The molecule has 4 amide bonds. The van der Waals surface area contributed by atoms with Gasteiger partial charge >= 0.3 is 47.8 Å². The Kier molecular flexibility index (Phi) is 42.5. The second-order valence-corrected chi connectivity index (χ2v) is 41.8. The van der Waals surface area contributed by atoms with E-state index in [-0.39, 0.29) is 51.4 Å². The molecule has 16 atom stereocenters. The Labute approximate surface area is 880 Å². The lowest BCUT2D eigenvalue weighted by molar-refractivity contribution is -0.191. The monoisotopic (exact) mass is 2140 g/mol. The molecule has 36 heteroatoms. The lowest BCUT2D eigenvalue weighted by atomic mass is 9.89. The third-order valence-electron chi connectivity index (χ3n) is 23.2. The molecule has 4 heterocycles. The molecule has 0 unspecified atom stereocenters. The minimum Gasteiger partial charge on any atom is -0.469 e. The number of hydrogen-bond donors (Lipinski definition) is 0. The number of morpholine rings is 4. The first-order chi connectivity index (χ1) is 67.8. The highest BCUT2D eigenvalue weighted by Crippen LogP contribution is 2.51. The molecule has 4 saturated heterocycles. The van der Waals surface area contributed by atoms with Gasteiger partial charge < -0.3 is 76.4 Å². The summed E-state index contributed by atoms with van der Waals surface area (Å²) in [6, 6.07) is 49.7. The van der Waals surface area contributed by atoms with Crippen LogP contribution in [0.15, 0.2) is 194 Å². The molecule has 0 bridgehead atoms. The molecule has 8 aromatic carbocycles. The zero-order valence-electron chi connectivity index (χ0n) is 84.0. The lowest BCUT2D eigenvalue weighted by Gasteiger charge is -2.47. The number of esters is 8. The maximum absolute atomic E-state index is 13.9. The van der Waals surface area contributed by atoms with Crippen LogP contribution in [0.2, 0.25) is 40.2 Å². The van der Waals surface area contributed by atoms with E-state index >= 15 is 0 Å². The van der Waals surface area contributed by atoms with E-state index in [4.69, 9.17) is 150 Å². The SMILES string of the molecule is CC[C@@H](C(=O)OC(C)(C)C)N1C(=O)[C@@H](CC(=O)OC)O[C@H](c2cccc(Cl)c2)[C@H]1c1ccc(Cl)cc1.CC[C@@H](C(=O)OC(C)(C)C)N1C(=O)[C@H](CC(=O)OC)O[C@H](c2cccc(Cl)c2)[C@H]1c1ccc(Cl)cc1.CC[C@H](C(=O)OC(C)(C)C)N1C(=O)[C@@H](CC(=O)OC)O[C@H](c2cccc(Cl)c2)[C@H]1c1ccc(Cl)cc1.CC[C@H](C(=O)OC(C)(C)C)N1C(=O)[C@H](CC(=O)OC)O[C@H](c2cccc(Cl)c2)[C@H]1c1ccc(Cl)cc1. The Morgan fingerprint density at radius 1 is 0.264 bits per heavy atom. The normalized spacial score (nSPS) is 21.1. The summed E-state index contributed by atoms with van der Waals surface area (Å²) in [4.78, 5) is 164. The van der Waals surface area contributed by atoms with Gasteiger partial charge in [0.25, 0.3) is 23.6 Å². The van der Waals surface area contributed by atoms with E-state index in [1.54, 1.807) is 281 Å². The van der Waals surface area contributed by atoms with Crippen molar-refractivity contribution in [1.82, 2.24) is 19.6 Å². The van der Waals surface area contributed by atoms with Gasteiger partial charge in [0.2, 0.25) is 0 Å². The molecule has 776 valence electrons. The lowest BCUT2D eigenvalue weighted by Crippen LogP contribution is -2.57. The highest BCUT2D eigenvalue weighted by molar-refractivity contribution is 6.33. The van der Waals surface area contributed by atoms with Crippen molar-refractivity contribution in [2.45, 2.75) is 282 Å². The molecule has 0 saturated carbocycles. The molecule has 4 aliphatic rings. The van der Waals surface area contributed by atoms with Crippen molar-refractivity contribution in [2.24, 2.45) is 0 Å². The summed E-state index contributed by atoms with van der Waals surface area (Å²) in [5.74, 6) is -6.59. The van der Waals surface area contributed by atoms with Crippen LogP contribution in [0.25, 0.3) is 0 Å². The number of benzene rings is 8. The molecular formula is C108H124Cl8N4O24. The van der Waals surface area contributed by atoms with Crippen LogP contribution in [0.5, 0.6) is 0 Å². The van der Waals surface area contributed by atoms with E-state index < -0.39 is 191 Å². The second kappa shape index (κ2) is 52.2. The molecule has 0 spiro atoms. The summed E-state index contributed by atoms with van der Waals surface area (Å²) in [7, 11) is 4.98. The molecule has 28 nitrogen and oxygen atoms in total. The summed E-state index contributed by atoms with van der Waals surface area (Å²) >= 11 is 49.8. The molecule has 4 aliphatic heterocycles. The van der Waals surface area contributed by atoms with Gasteiger partial charge in [0, 0.05) is 40.2 Å². The van der Waals surface area contributed by atoms with Crippen molar-refractivity contribution >= 4 is 164 Å². The molecule has 8 aromatic rings. The number of amides is 4. The van der Waals surface area contributed by atoms with Crippen LogP contribution in [0.1, 0.15) is 255 Å². The number of nitrogens with zero attached hydrogens (tertiary/aromatic N) is 4. The number of methoxy groups -OCH3 is 4. The minimum absolute atomic E-state index is 0.290. The van der Waals surface area contributed by atoms with Crippen LogP contribution in [0.4, 0.5) is 0 Å². The summed E-state index contributed by atoms with van der Waals surface area (Å²) < 4.78 is 67.1. The van der Waals surface area contributed by atoms with E-state index in [0.717, 1.165) is 0 Å². The topological polar surface area (TPSA) is 329 Å². The zero-order chi connectivity index (χ0) is 106. The highest BCUT2D eigenvalue weighted by Gasteiger charge is 2.55. The third-order valence-corrected chi connectivity index (χ3v) is 25.1. The van der Waals surface area contributed by atoms with Gasteiger partial charge in [-0.05, 0) is 250 Å². The Bertz CT molecular complexity index is 5090. The number of carbonyl (C=O) groups excluding carboxylic acids is 12. The number of halogens is 8. The van der Waals surface area contributed by atoms with Gasteiger partial charge in [0.05, 0.1) is 78.3 Å². The average Bonchev–Trinajstić information content (AvgIpc) is 0.764. The second-order valence-electron chi connectivity index (χ2n) is 38.3. The fraction of sp³-hybridized carbons (Fsp3) is 0.444. The standard InChI is InChI=1S/4C27H31Cl2NO6/c4*1-6-20(26(33)36-27(2,3)4)30-23(16-10-12-18(28)13-11-16)24(17-8-7-9-19(29)14-17)35-21(25(30)32)15-22(31)34-5/h4*7-14,20-21,23-24H,6,15H2,1-5H3/t20-,21+,23+,24+;20-,21+,23-,24-;20-,21-,23+,24+;20-,21-,23-,24-/m0101/s1. The molecule has 0 radical (unpaired) electrons. The van der Waals surface area contributed by atoms with Crippen LogP contribution in [0.3, 0.4) is 0 Å².